The van der Waals surface area contributed by atoms with E-state index in [0.29, 0.717) is 24.5 Å². The molecule has 4 heteroatoms. The van der Waals surface area contributed by atoms with Crippen LogP contribution in [0.25, 0.3) is 0 Å². The summed E-state index contributed by atoms with van der Waals surface area (Å²) in [5.74, 6) is 1.40. The average molecular weight is 225 g/mol. The normalized spacial score (nSPS) is 14.2. The summed E-state index contributed by atoms with van der Waals surface area (Å²) in [4.78, 5) is 0. The third-order valence-electron chi connectivity index (χ3n) is 2.40. The molecule has 0 aliphatic rings. The molecule has 0 saturated heterocycles. The van der Waals surface area contributed by atoms with Gasteiger partial charge in [-0.05, 0) is 25.5 Å². The Morgan fingerprint density at radius 3 is 2.50 bits per heavy atom. The molecule has 2 unspecified atom stereocenters. The summed E-state index contributed by atoms with van der Waals surface area (Å²) in [6.45, 7) is 2.14. The summed E-state index contributed by atoms with van der Waals surface area (Å²) in [5, 5.41) is 9.21. The van der Waals surface area contributed by atoms with Gasteiger partial charge in [-0.2, -0.15) is 0 Å². The van der Waals surface area contributed by atoms with Crippen LogP contribution in [0.1, 0.15) is 13.3 Å². The molecule has 0 saturated carbocycles. The number of nitrogens with two attached hydrogens (primary N) is 1. The first-order valence-electron chi connectivity index (χ1n) is 5.34. The van der Waals surface area contributed by atoms with Crippen LogP contribution in [-0.2, 0) is 0 Å². The molecule has 0 fully saturated rings. The third kappa shape index (κ3) is 3.72. The second-order valence-corrected chi connectivity index (χ2v) is 3.69. The highest BCUT2D eigenvalue weighted by Gasteiger charge is 2.09. The molecule has 0 amide bonds. The Morgan fingerprint density at radius 1 is 1.31 bits per heavy atom. The van der Waals surface area contributed by atoms with Crippen LogP contribution < -0.4 is 15.2 Å². The number of para-hydroxylation sites is 2. The Labute approximate surface area is 96.0 Å². The summed E-state index contributed by atoms with van der Waals surface area (Å²) in [7, 11) is 1.60. The van der Waals surface area contributed by atoms with Crippen LogP contribution >= 0.6 is 0 Å². The Balaban J connectivity index is 2.42. The van der Waals surface area contributed by atoms with Gasteiger partial charge in [-0.25, -0.2) is 0 Å². The van der Waals surface area contributed by atoms with E-state index in [9.17, 15) is 5.11 Å². The van der Waals surface area contributed by atoms with E-state index in [1.165, 1.54) is 0 Å². The maximum absolute atomic E-state index is 9.21. The van der Waals surface area contributed by atoms with Crippen molar-refractivity contribution in [2.75, 3.05) is 13.7 Å². The summed E-state index contributed by atoms with van der Waals surface area (Å²) in [6, 6.07) is 7.19. The van der Waals surface area contributed by atoms with Gasteiger partial charge in [0, 0.05) is 6.04 Å². The van der Waals surface area contributed by atoms with Crippen molar-refractivity contribution in [1.82, 2.24) is 0 Å². The molecule has 0 aromatic heterocycles. The summed E-state index contributed by atoms with van der Waals surface area (Å²) < 4.78 is 10.7. The van der Waals surface area contributed by atoms with E-state index < -0.39 is 6.10 Å². The van der Waals surface area contributed by atoms with Crippen LogP contribution in [0.2, 0.25) is 0 Å². The lowest BCUT2D eigenvalue weighted by Gasteiger charge is -2.15. The Hall–Kier alpha value is -1.26. The molecule has 90 valence electrons. The van der Waals surface area contributed by atoms with Crippen molar-refractivity contribution in [3.8, 4) is 11.5 Å². The predicted molar refractivity (Wildman–Crippen MR) is 62.8 cm³/mol. The van der Waals surface area contributed by atoms with Crippen molar-refractivity contribution in [3.63, 3.8) is 0 Å². The molecule has 0 heterocycles. The average Bonchev–Trinajstić information content (AvgIpc) is 2.29. The molecule has 16 heavy (non-hydrogen) atoms. The predicted octanol–water partition coefficient (Wildman–Crippen LogP) is 1.17. The number of methoxy groups -OCH3 is 1. The summed E-state index contributed by atoms with van der Waals surface area (Å²) in [6.07, 6.45) is 0.0941. The van der Waals surface area contributed by atoms with Crippen molar-refractivity contribution in [1.29, 1.82) is 0 Å². The first-order valence-corrected chi connectivity index (χ1v) is 5.34. The Morgan fingerprint density at radius 2 is 1.94 bits per heavy atom. The van der Waals surface area contributed by atoms with Crippen molar-refractivity contribution in [2.24, 2.45) is 5.73 Å². The number of ether oxygens (including phenoxy) is 2. The number of aliphatic hydroxyl groups is 1. The van der Waals surface area contributed by atoms with E-state index in [1.807, 2.05) is 24.3 Å². The fourth-order valence-electron chi connectivity index (χ4n) is 1.28. The fourth-order valence-corrected chi connectivity index (χ4v) is 1.28. The lowest BCUT2D eigenvalue weighted by Crippen LogP contribution is -2.33. The lowest BCUT2D eigenvalue weighted by atomic mass is 10.1. The van der Waals surface area contributed by atoms with E-state index >= 15 is 0 Å². The van der Waals surface area contributed by atoms with Gasteiger partial charge in [0.15, 0.2) is 11.5 Å². The number of hydrogen-bond acceptors (Lipinski definition) is 4. The Bertz CT molecular complexity index is 315. The highest BCUT2D eigenvalue weighted by Crippen LogP contribution is 2.25. The van der Waals surface area contributed by atoms with E-state index in [-0.39, 0.29) is 6.04 Å². The molecule has 1 aromatic rings. The zero-order chi connectivity index (χ0) is 12.0. The number of rotatable bonds is 6. The first kappa shape index (κ1) is 12.8. The monoisotopic (exact) mass is 225 g/mol. The van der Waals surface area contributed by atoms with Crippen molar-refractivity contribution >= 4 is 0 Å². The summed E-state index contributed by atoms with van der Waals surface area (Å²) in [5.41, 5.74) is 5.69. The molecular weight excluding hydrogens is 206 g/mol. The van der Waals surface area contributed by atoms with Crippen LogP contribution in [-0.4, -0.2) is 31.0 Å². The second-order valence-electron chi connectivity index (χ2n) is 3.69. The molecule has 0 aliphatic heterocycles. The van der Waals surface area contributed by atoms with Crippen LogP contribution in [0.3, 0.4) is 0 Å². The smallest absolute Gasteiger partial charge is 0.161 e. The molecule has 2 atom stereocenters. The SMILES string of the molecule is COc1ccccc1OCCC(N)C(C)O. The van der Waals surface area contributed by atoms with Crippen LogP contribution in [0, 0.1) is 0 Å². The fraction of sp³-hybridized carbons (Fsp3) is 0.500. The van der Waals surface area contributed by atoms with Gasteiger partial charge in [0.25, 0.3) is 0 Å². The van der Waals surface area contributed by atoms with Gasteiger partial charge in [-0.3, -0.25) is 0 Å². The molecule has 0 aliphatic carbocycles. The van der Waals surface area contributed by atoms with Crippen molar-refractivity contribution in [2.45, 2.75) is 25.5 Å². The Kier molecular flexibility index (Phi) is 5.08. The number of aliphatic hydroxyl groups excluding tert-OH is 1. The van der Waals surface area contributed by atoms with Crippen LogP contribution in [0.4, 0.5) is 0 Å². The highest BCUT2D eigenvalue weighted by atomic mass is 16.5. The van der Waals surface area contributed by atoms with Gasteiger partial charge in [0.1, 0.15) is 0 Å². The topological polar surface area (TPSA) is 64.7 Å². The molecule has 1 rings (SSSR count). The minimum Gasteiger partial charge on any atom is -0.493 e. The van der Waals surface area contributed by atoms with E-state index in [0.717, 1.165) is 0 Å². The quantitative estimate of drug-likeness (QED) is 0.763. The maximum atomic E-state index is 9.21. The summed E-state index contributed by atoms with van der Waals surface area (Å²) >= 11 is 0. The molecule has 4 nitrogen and oxygen atoms in total. The molecule has 0 radical (unpaired) electrons. The van der Waals surface area contributed by atoms with Crippen LogP contribution in [0.15, 0.2) is 24.3 Å². The minimum absolute atomic E-state index is 0.255. The largest absolute Gasteiger partial charge is 0.493 e. The zero-order valence-electron chi connectivity index (χ0n) is 9.72. The minimum atomic E-state index is -0.513. The molecule has 3 N–H and O–H groups in total. The standard InChI is InChI=1S/C12H19NO3/c1-9(14)10(13)7-8-16-12-6-4-3-5-11(12)15-2/h3-6,9-10,14H,7-8,13H2,1-2H3. The van der Waals surface area contributed by atoms with E-state index in [2.05, 4.69) is 0 Å². The molecule has 0 spiro atoms. The van der Waals surface area contributed by atoms with Crippen molar-refractivity contribution < 1.29 is 14.6 Å². The van der Waals surface area contributed by atoms with Gasteiger partial charge in [-0.15, -0.1) is 0 Å². The van der Waals surface area contributed by atoms with Gasteiger partial charge >= 0.3 is 0 Å². The first-order chi connectivity index (χ1) is 7.65. The van der Waals surface area contributed by atoms with Gasteiger partial charge in [-0.1, -0.05) is 12.1 Å². The maximum Gasteiger partial charge on any atom is 0.161 e. The molecular formula is C12H19NO3. The van der Waals surface area contributed by atoms with E-state index in [1.54, 1.807) is 14.0 Å². The second kappa shape index (κ2) is 6.35. The third-order valence-corrected chi connectivity index (χ3v) is 2.40. The lowest BCUT2D eigenvalue weighted by molar-refractivity contribution is 0.147. The van der Waals surface area contributed by atoms with Gasteiger partial charge in [0.05, 0.1) is 19.8 Å². The number of benzene rings is 1. The number of hydrogen-bond donors (Lipinski definition) is 2. The highest BCUT2D eigenvalue weighted by molar-refractivity contribution is 5.39. The molecule has 0 bridgehead atoms. The van der Waals surface area contributed by atoms with Crippen LogP contribution in [0.5, 0.6) is 11.5 Å². The van der Waals surface area contributed by atoms with E-state index in [4.69, 9.17) is 15.2 Å². The molecule has 1 aromatic carbocycles. The zero-order valence-corrected chi connectivity index (χ0v) is 9.72. The van der Waals surface area contributed by atoms with Crippen molar-refractivity contribution in [3.05, 3.63) is 24.3 Å². The van der Waals surface area contributed by atoms with Gasteiger partial charge in [0.2, 0.25) is 0 Å². The van der Waals surface area contributed by atoms with Gasteiger partial charge < -0.3 is 20.3 Å².